The van der Waals surface area contributed by atoms with Crippen LogP contribution in [0.5, 0.6) is 5.75 Å². The highest BCUT2D eigenvalue weighted by atomic mass is 16.5. The molecule has 0 radical (unpaired) electrons. The van der Waals surface area contributed by atoms with Crippen molar-refractivity contribution in [2.75, 3.05) is 7.11 Å². The average Bonchev–Trinajstić information content (AvgIpc) is 2.75. The molecule has 4 heteroatoms. The standard InChI is InChI=1S/C15H20N2O2/c1-5-9(2)16-15(18)14-10(3)12-8-11(19-4)6-7-13(12)17-14/h6-9,17H,5H2,1-4H3,(H,16,18). The molecule has 0 aliphatic heterocycles. The number of carbonyl (C=O) groups is 1. The first kappa shape index (κ1) is 13.5. The third-order valence-electron chi connectivity index (χ3n) is 3.48. The van der Waals surface area contributed by atoms with Crippen molar-refractivity contribution in [1.29, 1.82) is 0 Å². The molecule has 1 heterocycles. The summed E-state index contributed by atoms with van der Waals surface area (Å²) in [4.78, 5) is 15.4. The van der Waals surface area contributed by atoms with Gasteiger partial charge in [0.25, 0.3) is 5.91 Å². The molecular formula is C15H20N2O2. The van der Waals surface area contributed by atoms with E-state index in [1.807, 2.05) is 39.0 Å². The van der Waals surface area contributed by atoms with E-state index in [2.05, 4.69) is 10.3 Å². The predicted molar refractivity (Wildman–Crippen MR) is 76.8 cm³/mol. The van der Waals surface area contributed by atoms with Crippen LogP contribution in [0.4, 0.5) is 0 Å². The molecule has 2 aromatic rings. The number of H-pyrrole nitrogens is 1. The zero-order valence-corrected chi connectivity index (χ0v) is 11.8. The molecule has 2 rings (SSSR count). The van der Waals surface area contributed by atoms with Crippen LogP contribution in [0.2, 0.25) is 0 Å². The van der Waals surface area contributed by atoms with E-state index in [-0.39, 0.29) is 11.9 Å². The first-order chi connectivity index (χ1) is 9.06. The van der Waals surface area contributed by atoms with Gasteiger partial charge in [0.1, 0.15) is 11.4 Å². The van der Waals surface area contributed by atoms with Crippen molar-refractivity contribution in [3.05, 3.63) is 29.5 Å². The summed E-state index contributed by atoms with van der Waals surface area (Å²) in [5, 5.41) is 4.00. The van der Waals surface area contributed by atoms with E-state index in [4.69, 9.17) is 4.74 Å². The van der Waals surface area contributed by atoms with Crippen LogP contribution in [0.25, 0.3) is 10.9 Å². The third kappa shape index (κ3) is 2.57. The Morgan fingerprint density at radius 1 is 1.47 bits per heavy atom. The predicted octanol–water partition coefficient (Wildman–Crippen LogP) is 3.01. The Morgan fingerprint density at radius 2 is 2.21 bits per heavy atom. The highest BCUT2D eigenvalue weighted by Gasteiger charge is 2.16. The van der Waals surface area contributed by atoms with Gasteiger partial charge in [-0.3, -0.25) is 4.79 Å². The van der Waals surface area contributed by atoms with Gasteiger partial charge < -0.3 is 15.0 Å². The van der Waals surface area contributed by atoms with Crippen molar-refractivity contribution in [1.82, 2.24) is 10.3 Å². The van der Waals surface area contributed by atoms with Crippen molar-refractivity contribution in [3.63, 3.8) is 0 Å². The van der Waals surface area contributed by atoms with Gasteiger partial charge in [0.05, 0.1) is 7.11 Å². The zero-order chi connectivity index (χ0) is 14.0. The lowest BCUT2D eigenvalue weighted by Crippen LogP contribution is -2.32. The Kier molecular flexibility index (Phi) is 3.79. The number of methoxy groups -OCH3 is 1. The summed E-state index contributed by atoms with van der Waals surface area (Å²) in [5.74, 6) is 0.741. The normalized spacial score (nSPS) is 12.4. The number of hydrogen-bond acceptors (Lipinski definition) is 2. The van der Waals surface area contributed by atoms with Crippen molar-refractivity contribution in [2.45, 2.75) is 33.2 Å². The summed E-state index contributed by atoms with van der Waals surface area (Å²) in [7, 11) is 1.64. The molecule has 0 saturated heterocycles. The van der Waals surface area contributed by atoms with Gasteiger partial charge in [0.15, 0.2) is 0 Å². The Morgan fingerprint density at radius 3 is 2.84 bits per heavy atom. The molecule has 1 atom stereocenters. The minimum absolute atomic E-state index is 0.0537. The van der Waals surface area contributed by atoms with Crippen molar-refractivity contribution >= 4 is 16.8 Å². The second-order valence-corrected chi connectivity index (χ2v) is 4.82. The average molecular weight is 260 g/mol. The molecule has 0 saturated carbocycles. The fraction of sp³-hybridized carbons (Fsp3) is 0.400. The molecule has 0 bridgehead atoms. The molecule has 0 fully saturated rings. The van der Waals surface area contributed by atoms with Crippen LogP contribution >= 0.6 is 0 Å². The van der Waals surface area contributed by atoms with E-state index in [9.17, 15) is 4.79 Å². The summed E-state index contributed by atoms with van der Waals surface area (Å²) in [6.07, 6.45) is 0.916. The number of rotatable bonds is 4. The van der Waals surface area contributed by atoms with Gasteiger partial charge >= 0.3 is 0 Å². The topological polar surface area (TPSA) is 54.1 Å². The van der Waals surface area contributed by atoms with Crippen LogP contribution in [0.15, 0.2) is 18.2 Å². The highest BCUT2D eigenvalue weighted by molar-refractivity contribution is 6.01. The molecule has 0 aliphatic carbocycles. The maximum Gasteiger partial charge on any atom is 0.268 e. The van der Waals surface area contributed by atoms with Gasteiger partial charge in [-0.15, -0.1) is 0 Å². The van der Waals surface area contributed by atoms with Gasteiger partial charge in [-0.25, -0.2) is 0 Å². The molecule has 0 aliphatic rings. The molecule has 4 nitrogen and oxygen atoms in total. The summed E-state index contributed by atoms with van der Waals surface area (Å²) in [6, 6.07) is 5.93. The second kappa shape index (κ2) is 5.34. The summed E-state index contributed by atoms with van der Waals surface area (Å²) < 4.78 is 5.21. The number of ether oxygens (including phenoxy) is 1. The quantitative estimate of drug-likeness (QED) is 0.887. The minimum Gasteiger partial charge on any atom is -0.497 e. The van der Waals surface area contributed by atoms with Crippen molar-refractivity contribution in [3.8, 4) is 5.75 Å². The molecule has 19 heavy (non-hydrogen) atoms. The summed E-state index contributed by atoms with van der Waals surface area (Å²) >= 11 is 0. The fourth-order valence-corrected chi connectivity index (χ4v) is 2.06. The lowest BCUT2D eigenvalue weighted by atomic mass is 10.1. The lowest BCUT2D eigenvalue weighted by molar-refractivity contribution is 0.0934. The number of amides is 1. The zero-order valence-electron chi connectivity index (χ0n) is 11.8. The van der Waals surface area contributed by atoms with Crippen LogP contribution in [0, 0.1) is 6.92 Å². The van der Waals surface area contributed by atoms with Gasteiger partial charge in [-0.05, 0) is 44.0 Å². The van der Waals surface area contributed by atoms with Crippen LogP contribution in [0.3, 0.4) is 0 Å². The van der Waals surface area contributed by atoms with E-state index in [0.29, 0.717) is 5.69 Å². The smallest absolute Gasteiger partial charge is 0.268 e. The Bertz CT molecular complexity index is 601. The minimum atomic E-state index is -0.0537. The Labute approximate surface area is 113 Å². The Balaban J connectivity index is 2.39. The van der Waals surface area contributed by atoms with Gasteiger partial charge in [-0.1, -0.05) is 6.92 Å². The van der Waals surface area contributed by atoms with E-state index in [0.717, 1.165) is 28.6 Å². The van der Waals surface area contributed by atoms with E-state index in [1.165, 1.54) is 0 Å². The first-order valence-corrected chi connectivity index (χ1v) is 6.54. The number of hydrogen-bond donors (Lipinski definition) is 2. The second-order valence-electron chi connectivity index (χ2n) is 4.82. The maximum atomic E-state index is 12.2. The number of nitrogens with one attached hydrogen (secondary N) is 2. The number of aromatic amines is 1. The fourth-order valence-electron chi connectivity index (χ4n) is 2.06. The Hall–Kier alpha value is -1.97. The summed E-state index contributed by atoms with van der Waals surface area (Å²) in [6.45, 7) is 6.00. The molecule has 102 valence electrons. The van der Waals surface area contributed by atoms with Crippen LogP contribution in [-0.4, -0.2) is 24.0 Å². The molecule has 1 unspecified atom stereocenters. The highest BCUT2D eigenvalue weighted by Crippen LogP contribution is 2.25. The van der Waals surface area contributed by atoms with Crippen molar-refractivity contribution < 1.29 is 9.53 Å². The van der Waals surface area contributed by atoms with Gasteiger partial charge in [-0.2, -0.15) is 0 Å². The SMILES string of the molecule is CCC(C)NC(=O)c1[nH]c2ccc(OC)cc2c1C. The summed E-state index contributed by atoms with van der Waals surface area (Å²) in [5.41, 5.74) is 2.53. The molecule has 1 aromatic carbocycles. The molecule has 0 spiro atoms. The molecule has 1 aromatic heterocycles. The number of fused-ring (bicyclic) bond motifs is 1. The molecular weight excluding hydrogens is 240 g/mol. The van der Waals surface area contributed by atoms with Crippen molar-refractivity contribution in [2.24, 2.45) is 0 Å². The molecule has 1 amide bonds. The monoisotopic (exact) mass is 260 g/mol. The number of carbonyl (C=O) groups excluding carboxylic acids is 1. The largest absolute Gasteiger partial charge is 0.497 e. The van der Waals surface area contributed by atoms with Crippen LogP contribution in [-0.2, 0) is 0 Å². The van der Waals surface area contributed by atoms with E-state index in [1.54, 1.807) is 7.11 Å². The molecule has 2 N–H and O–H groups in total. The number of aromatic nitrogens is 1. The van der Waals surface area contributed by atoms with Crippen LogP contribution < -0.4 is 10.1 Å². The van der Waals surface area contributed by atoms with Crippen LogP contribution in [0.1, 0.15) is 36.3 Å². The number of benzene rings is 1. The lowest BCUT2D eigenvalue weighted by Gasteiger charge is -2.10. The van der Waals surface area contributed by atoms with Gasteiger partial charge in [0, 0.05) is 16.9 Å². The van der Waals surface area contributed by atoms with E-state index < -0.39 is 0 Å². The van der Waals surface area contributed by atoms with Gasteiger partial charge in [0.2, 0.25) is 0 Å². The maximum absolute atomic E-state index is 12.2. The number of aryl methyl sites for hydroxylation is 1. The first-order valence-electron chi connectivity index (χ1n) is 6.54. The third-order valence-corrected chi connectivity index (χ3v) is 3.48. The van der Waals surface area contributed by atoms with E-state index >= 15 is 0 Å².